The third-order valence-electron chi connectivity index (χ3n) is 9.88. The monoisotopic (exact) mass is 718 g/mol. The van der Waals surface area contributed by atoms with Crippen molar-refractivity contribution in [2.75, 3.05) is 4.90 Å². The van der Waals surface area contributed by atoms with Gasteiger partial charge in [-0.05, 0) is 0 Å². The molecule has 0 saturated carbocycles. The van der Waals surface area contributed by atoms with Crippen molar-refractivity contribution in [2.24, 2.45) is 0 Å². The van der Waals surface area contributed by atoms with E-state index in [1.807, 2.05) is 30.6 Å². The molecular formula is C37H26N2O2Se2Si. The van der Waals surface area contributed by atoms with E-state index >= 15 is 0 Å². The van der Waals surface area contributed by atoms with Gasteiger partial charge in [-0.25, -0.2) is 0 Å². The van der Waals surface area contributed by atoms with Crippen LogP contribution in [0.25, 0.3) is 15.7 Å². The molecule has 0 amide bonds. The second-order valence-electron chi connectivity index (χ2n) is 12.5. The van der Waals surface area contributed by atoms with E-state index in [9.17, 15) is 9.59 Å². The Morgan fingerprint density at radius 1 is 0.841 bits per heavy atom. The molecule has 0 saturated heterocycles. The number of benzene rings is 3. The topological polar surface area (TPSA) is 50.3 Å². The average Bonchev–Trinajstić information content (AvgIpc) is 3.74. The number of nitrogens with zero attached hydrogens (tertiary/aromatic N) is 2. The van der Waals surface area contributed by atoms with E-state index in [4.69, 9.17) is 0 Å². The number of anilines is 3. The van der Waals surface area contributed by atoms with Gasteiger partial charge in [0.1, 0.15) is 0 Å². The summed E-state index contributed by atoms with van der Waals surface area (Å²) < 4.78 is 3.51. The molecule has 0 bridgehead atoms. The number of aromatic nitrogens is 1. The Morgan fingerprint density at radius 2 is 1.59 bits per heavy atom. The molecule has 7 heteroatoms. The summed E-state index contributed by atoms with van der Waals surface area (Å²) in [6.45, 7) is 7.26. The van der Waals surface area contributed by atoms with E-state index in [0.29, 0.717) is 16.7 Å². The predicted molar refractivity (Wildman–Crippen MR) is 182 cm³/mol. The van der Waals surface area contributed by atoms with Crippen molar-refractivity contribution >= 4 is 90.7 Å². The van der Waals surface area contributed by atoms with E-state index in [1.54, 1.807) is 0 Å². The second kappa shape index (κ2) is 9.10. The maximum atomic E-state index is 13.7. The number of para-hydroxylation sites is 2. The molecule has 3 aromatic heterocycles. The van der Waals surface area contributed by atoms with E-state index < -0.39 is 13.5 Å². The Hall–Kier alpha value is -3.83. The van der Waals surface area contributed by atoms with Gasteiger partial charge in [-0.15, -0.1) is 0 Å². The molecule has 4 nitrogen and oxygen atoms in total. The van der Waals surface area contributed by atoms with Crippen LogP contribution in [0.4, 0.5) is 15.9 Å². The van der Waals surface area contributed by atoms with Crippen LogP contribution in [0.1, 0.15) is 48.8 Å². The van der Waals surface area contributed by atoms with Crippen molar-refractivity contribution in [2.45, 2.75) is 25.4 Å². The molecule has 1 aliphatic carbocycles. The fraction of sp³-hybridized carbons (Fsp3) is 0.108. The normalized spacial score (nSPS) is 20.1. The molecule has 1 atom stereocenters. The molecule has 5 heterocycles. The summed E-state index contributed by atoms with van der Waals surface area (Å²) >= 11 is 0.0914. The van der Waals surface area contributed by atoms with Crippen LogP contribution in [-0.4, -0.2) is 53.6 Å². The standard InChI is InChI=1S/C37H26N2O2Se2Si/c1-37(22-11-14-38-15-12-22)27-7-6-10-32-33(27)39(29-8-4-5-9-31(29)44(32,2)3)36-28(37)19-23(43-36)18-26-34(40)24-17-21-13-16-42-30(21)20-25(24)35(26)41/h4-20H,1-3H3/b26-18-. The summed E-state index contributed by atoms with van der Waals surface area (Å²) in [6, 6.07) is 28.2. The van der Waals surface area contributed by atoms with E-state index in [1.165, 1.54) is 47.3 Å². The molecule has 9 rings (SSSR count). The summed E-state index contributed by atoms with van der Waals surface area (Å²) in [6.07, 6.45) is 5.66. The number of ketones is 2. The number of hydrogen-bond donors (Lipinski definition) is 0. The van der Waals surface area contributed by atoms with Crippen molar-refractivity contribution in [1.82, 2.24) is 4.98 Å². The van der Waals surface area contributed by atoms with E-state index in [2.05, 4.69) is 102 Å². The molecule has 0 fully saturated rings. The first-order valence-corrected chi connectivity index (χ1v) is 21.2. The predicted octanol–water partition coefficient (Wildman–Crippen LogP) is 6.08. The molecule has 0 N–H and O–H groups in total. The Bertz CT molecular complexity index is 2230. The zero-order valence-electron chi connectivity index (χ0n) is 24.3. The number of allylic oxidation sites excluding steroid dienone is 1. The number of rotatable bonds is 2. The van der Waals surface area contributed by atoms with Crippen LogP contribution in [-0.2, 0) is 5.41 Å². The number of fused-ring (bicyclic) bond motifs is 6. The van der Waals surface area contributed by atoms with Gasteiger partial charge in [-0.2, -0.15) is 0 Å². The minimum absolute atomic E-state index is 0.124. The number of carbonyl (C=O) groups is 2. The third kappa shape index (κ3) is 3.37. The van der Waals surface area contributed by atoms with E-state index in [0.717, 1.165) is 9.82 Å². The third-order valence-corrected chi connectivity index (χ3v) is 17.5. The molecule has 0 radical (unpaired) electrons. The van der Waals surface area contributed by atoms with Gasteiger partial charge in [-0.3, -0.25) is 0 Å². The zero-order valence-corrected chi connectivity index (χ0v) is 28.8. The first-order chi connectivity index (χ1) is 21.3. The number of carbonyl (C=O) groups excluding carboxylic acids is 2. The Kier molecular flexibility index (Phi) is 5.49. The van der Waals surface area contributed by atoms with Crippen LogP contribution < -0.4 is 15.3 Å². The van der Waals surface area contributed by atoms with Crippen molar-refractivity contribution in [3.63, 3.8) is 0 Å². The van der Waals surface area contributed by atoms with Crippen molar-refractivity contribution in [3.8, 4) is 0 Å². The zero-order chi connectivity index (χ0) is 30.0. The molecule has 0 spiro atoms. The van der Waals surface area contributed by atoms with Crippen LogP contribution in [0.3, 0.4) is 0 Å². The second-order valence-corrected chi connectivity index (χ2v) is 21.0. The molecule has 1 unspecified atom stereocenters. The van der Waals surface area contributed by atoms with Crippen LogP contribution >= 0.6 is 0 Å². The summed E-state index contributed by atoms with van der Waals surface area (Å²) in [5, 5.41) is 3.96. The van der Waals surface area contributed by atoms with Gasteiger partial charge >= 0.3 is 270 Å². The molecule has 3 aliphatic rings. The molecule has 44 heavy (non-hydrogen) atoms. The van der Waals surface area contributed by atoms with Crippen LogP contribution in [0.15, 0.2) is 102 Å². The van der Waals surface area contributed by atoms with Gasteiger partial charge in [0.05, 0.1) is 0 Å². The summed E-state index contributed by atoms with van der Waals surface area (Å²) in [7, 11) is -2.00. The summed E-state index contributed by atoms with van der Waals surface area (Å²) in [5.41, 5.74) is 7.28. The fourth-order valence-electron chi connectivity index (χ4n) is 7.55. The van der Waals surface area contributed by atoms with Gasteiger partial charge in [0.15, 0.2) is 0 Å². The Balaban J connectivity index is 1.29. The fourth-order valence-corrected chi connectivity index (χ4v) is 14.8. The Labute approximate surface area is 268 Å². The van der Waals surface area contributed by atoms with Gasteiger partial charge in [0, 0.05) is 0 Å². The molecule has 212 valence electrons. The van der Waals surface area contributed by atoms with Crippen molar-refractivity contribution in [3.05, 3.63) is 134 Å². The van der Waals surface area contributed by atoms with Gasteiger partial charge in [0.2, 0.25) is 0 Å². The number of Topliss-reactive ketones (excluding diaryl/α,β-unsaturated/α-hetero) is 2. The minimum atomic E-state index is -2.00. The average molecular weight is 717 g/mol. The quantitative estimate of drug-likeness (QED) is 0.124. The summed E-state index contributed by atoms with van der Waals surface area (Å²) in [5.74, 6) is -0.295. The molecular weight excluding hydrogens is 690 g/mol. The SMILES string of the molecule is CC1(c2ccncc2)c2cc(/C=C3/C(=O)c4cc5cc[se]c5cc4C3=O)[se]c2N2c3ccccc3[Si](C)(C)c3cccc1c32. The Morgan fingerprint density at radius 3 is 2.41 bits per heavy atom. The van der Waals surface area contributed by atoms with Crippen LogP contribution in [0, 0.1) is 0 Å². The van der Waals surface area contributed by atoms with Crippen LogP contribution in [0.2, 0.25) is 13.1 Å². The van der Waals surface area contributed by atoms with Crippen molar-refractivity contribution < 1.29 is 9.59 Å². The molecule has 3 aromatic carbocycles. The number of hydrogen-bond acceptors (Lipinski definition) is 4. The molecule has 2 aliphatic heterocycles. The van der Waals surface area contributed by atoms with Gasteiger partial charge < -0.3 is 0 Å². The summed E-state index contributed by atoms with van der Waals surface area (Å²) in [4.78, 5) is 36.4. The van der Waals surface area contributed by atoms with E-state index in [-0.39, 0.29) is 40.6 Å². The van der Waals surface area contributed by atoms with Crippen molar-refractivity contribution in [1.29, 1.82) is 0 Å². The first kappa shape index (κ1) is 26.6. The first-order valence-electron chi connectivity index (χ1n) is 14.7. The maximum absolute atomic E-state index is 13.7. The van der Waals surface area contributed by atoms with Gasteiger partial charge in [-0.1, -0.05) is 0 Å². The molecule has 6 aromatic rings. The van der Waals surface area contributed by atoms with Crippen LogP contribution in [0.5, 0.6) is 0 Å². The van der Waals surface area contributed by atoms with Gasteiger partial charge in [0.25, 0.3) is 0 Å². The number of pyridine rings is 1.